The molecule has 0 atom stereocenters. The summed E-state index contributed by atoms with van der Waals surface area (Å²) in [5.41, 5.74) is -0.379. The molecule has 23 heavy (non-hydrogen) atoms. The fourth-order valence-electron chi connectivity index (χ4n) is 1.80. The topological polar surface area (TPSA) is 68.7 Å². The van der Waals surface area contributed by atoms with Crippen molar-refractivity contribution in [3.05, 3.63) is 47.7 Å². The van der Waals surface area contributed by atoms with Crippen LogP contribution in [0.2, 0.25) is 0 Å². The second-order valence-corrected chi connectivity index (χ2v) is 4.54. The zero-order chi connectivity index (χ0) is 17.0. The predicted octanol–water partition coefficient (Wildman–Crippen LogP) is 3.53. The number of pyridine rings is 1. The molecule has 0 radical (unpaired) electrons. The monoisotopic (exact) mass is 327 g/mol. The van der Waals surface area contributed by atoms with E-state index in [9.17, 15) is 18.0 Å². The van der Waals surface area contributed by atoms with Crippen LogP contribution in [0.15, 0.2) is 36.5 Å². The molecule has 0 bridgehead atoms. The van der Waals surface area contributed by atoms with Crippen LogP contribution >= 0.6 is 0 Å². The number of methoxy groups -OCH3 is 1. The van der Waals surface area contributed by atoms with E-state index in [2.05, 4.69) is 4.98 Å². The summed E-state index contributed by atoms with van der Waals surface area (Å²) in [6.07, 6.45) is -3.99. The standard InChI is InChI=1S/C15H12F3NO4/c1-22-12-6-9(7-14(20)21)2-4-11(12)23-13-5-3-10(8-19-13)15(16,17)18/h2-6,8H,7H2,1H3,(H,20,21). The van der Waals surface area contributed by atoms with Crippen molar-refractivity contribution in [1.29, 1.82) is 0 Å². The number of hydrogen-bond donors (Lipinski definition) is 1. The maximum Gasteiger partial charge on any atom is 0.417 e. The number of alkyl halides is 3. The third kappa shape index (κ3) is 4.35. The number of hydrogen-bond acceptors (Lipinski definition) is 4. The highest BCUT2D eigenvalue weighted by molar-refractivity contribution is 5.70. The van der Waals surface area contributed by atoms with Crippen molar-refractivity contribution >= 4 is 5.97 Å². The molecule has 2 rings (SSSR count). The fraction of sp³-hybridized carbons (Fsp3) is 0.200. The first-order chi connectivity index (χ1) is 10.8. The van der Waals surface area contributed by atoms with Crippen molar-refractivity contribution < 1.29 is 32.5 Å². The van der Waals surface area contributed by atoms with Gasteiger partial charge in [-0.25, -0.2) is 4.98 Å². The summed E-state index contributed by atoms with van der Waals surface area (Å²) in [6.45, 7) is 0. The van der Waals surface area contributed by atoms with Crippen LogP contribution < -0.4 is 9.47 Å². The Morgan fingerprint density at radius 1 is 1.22 bits per heavy atom. The Morgan fingerprint density at radius 2 is 1.96 bits per heavy atom. The fourth-order valence-corrected chi connectivity index (χ4v) is 1.80. The normalized spacial score (nSPS) is 11.1. The van der Waals surface area contributed by atoms with Gasteiger partial charge in [0.25, 0.3) is 0 Å². The molecule has 0 spiro atoms. The van der Waals surface area contributed by atoms with E-state index in [1.54, 1.807) is 0 Å². The Kier molecular flexibility index (Phi) is 4.73. The molecule has 0 saturated heterocycles. The smallest absolute Gasteiger partial charge is 0.417 e. The van der Waals surface area contributed by atoms with E-state index in [0.717, 1.165) is 12.1 Å². The number of aromatic nitrogens is 1. The maximum absolute atomic E-state index is 12.5. The number of rotatable bonds is 5. The minimum atomic E-state index is -4.47. The summed E-state index contributed by atoms with van der Waals surface area (Å²) < 4.78 is 47.9. The van der Waals surface area contributed by atoms with E-state index >= 15 is 0 Å². The number of ether oxygens (including phenoxy) is 2. The van der Waals surface area contributed by atoms with Crippen molar-refractivity contribution in [2.24, 2.45) is 0 Å². The number of carboxylic acids is 1. The SMILES string of the molecule is COc1cc(CC(=O)O)ccc1Oc1ccc(C(F)(F)F)cn1. The molecule has 8 heteroatoms. The Balaban J connectivity index is 2.20. The number of benzene rings is 1. The lowest BCUT2D eigenvalue weighted by Gasteiger charge is -2.11. The molecular formula is C15H12F3NO4. The average molecular weight is 327 g/mol. The molecule has 1 aromatic carbocycles. The quantitative estimate of drug-likeness (QED) is 0.910. The molecule has 0 unspecified atom stereocenters. The molecule has 122 valence electrons. The van der Waals surface area contributed by atoms with Crippen LogP contribution in [0.4, 0.5) is 13.2 Å². The van der Waals surface area contributed by atoms with Gasteiger partial charge < -0.3 is 14.6 Å². The van der Waals surface area contributed by atoms with Gasteiger partial charge in [0, 0.05) is 12.3 Å². The second-order valence-electron chi connectivity index (χ2n) is 4.54. The molecule has 0 amide bonds. The predicted molar refractivity (Wildman–Crippen MR) is 73.6 cm³/mol. The summed E-state index contributed by atoms with van der Waals surface area (Å²) in [5, 5.41) is 8.75. The van der Waals surface area contributed by atoms with Crippen LogP contribution in [0.5, 0.6) is 17.4 Å². The summed E-state index contributed by atoms with van der Waals surface area (Å²) in [7, 11) is 1.37. The molecule has 0 aliphatic rings. The van der Waals surface area contributed by atoms with Crippen LogP contribution in [-0.4, -0.2) is 23.2 Å². The van der Waals surface area contributed by atoms with Crippen molar-refractivity contribution in [3.8, 4) is 17.4 Å². The molecule has 0 fully saturated rings. The number of carbonyl (C=O) groups is 1. The summed E-state index contributed by atoms with van der Waals surface area (Å²) in [4.78, 5) is 14.3. The number of halogens is 3. The van der Waals surface area contributed by atoms with Crippen molar-refractivity contribution in [2.75, 3.05) is 7.11 Å². The minimum absolute atomic E-state index is 0.0396. The van der Waals surface area contributed by atoms with Crippen LogP contribution in [-0.2, 0) is 17.4 Å². The van der Waals surface area contributed by atoms with E-state index in [1.165, 1.54) is 25.3 Å². The number of nitrogens with zero attached hydrogens (tertiary/aromatic N) is 1. The molecule has 0 saturated carbocycles. The Hall–Kier alpha value is -2.77. The molecule has 1 heterocycles. The van der Waals surface area contributed by atoms with Crippen molar-refractivity contribution in [1.82, 2.24) is 4.98 Å². The zero-order valence-corrected chi connectivity index (χ0v) is 11.9. The van der Waals surface area contributed by atoms with Crippen LogP contribution in [0.25, 0.3) is 0 Å². The molecule has 1 aromatic heterocycles. The van der Waals surface area contributed by atoms with E-state index in [4.69, 9.17) is 14.6 Å². The first-order valence-corrected chi connectivity index (χ1v) is 6.39. The van der Waals surface area contributed by atoms with Crippen molar-refractivity contribution in [3.63, 3.8) is 0 Å². The first kappa shape index (κ1) is 16.6. The molecule has 0 aliphatic carbocycles. The van der Waals surface area contributed by atoms with Gasteiger partial charge in [-0.1, -0.05) is 6.07 Å². The third-order valence-corrected chi connectivity index (χ3v) is 2.86. The van der Waals surface area contributed by atoms with Gasteiger partial charge in [-0.3, -0.25) is 4.79 Å². The van der Waals surface area contributed by atoms with E-state index in [0.29, 0.717) is 11.8 Å². The van der Waals surface area contributed by atoms with E-state index in [1.807, 2.05) is 0 Å². The van der Waals surface area contributed by atoms with E-state index < -0.39 is 17.7 Å². The summed E-state index contributed by atoms with van der Waals surface area (Å²) in [5.74, 6) is -0.563. The van der Waals surface area contributed by atoms with Gasteiger partial charge in [0.05, 0.1) is 19.1 Å². The van der Waals surface area contributed by atoms with E-state index in [-0.39, 0.29) is 23.8 Å². The zero-order valence-electron chi connectivity index (χ0n) is 11.9. The van der Waals surface area contributed by atoms with Gasteiger partial charge in [0.2, 0.25) is 5.88 Å². The molecule has 1 N–H and O–H groups in total. The Morgan fingerprint density at radius 3 is 2.48 bits per heavy atom. The van der Waals surface area contributed by atoms with Gasteiger partial charge in [0.1, 0.15) is 0 Å². The average Bonchev–Trinajstić information content (AvgIpc) is 2.48. The molecule has 5 nitrogen and oxygen atoms in total. The maximum atomic E-state index is 12.5. The summed E-state index contributed by atoms with van der Waals surface area (Å²) in [6, 6.07) is 6.42. The molecular weight excluding hydrogens is 315 g/mol. The number of carboxylic acid groups (broad SMARTS) is 1. The summed E-state index contributed by atoms with van der Waals surface area (Å²) >= 11 is 0. The second kappa shape index (κ2) is 6.55. The van der Waals surface area contributed by atoms with Gasteiger partial charge in [0.15, 0.2) is 11.5 Å². The van der Waals surface area contributed by atoms with Gasteiger partial charge >= 0.3 is 12.1 Å². The third-order valence-electron chi connectivity index (χ3n) is 2.86. The number of aliphatic carboxylic acids is 1. The van der Waals surface area contributed by atoms with Gasteiger partial charge in [-0.2, -0.15) is 13.2 Å². The van der Waals surface area contributed by atoms with Gasteiger partial charge in [-0.15, -0.1) is 0 Å². The lowest BCUT2D eigenvalue weighted by Crippen LogP contribution is -2.05. The molecule has 2 aromatic rings. The highest BCUT2D eigenvalue weighted by Crippen LogP contribution is 2.33. The Labute approximate surface area is 129 Å². The largest absolute Gasteiger partial charge is 0.493 e. The lowest BCUT2D eigenvalue weighted by molar-refractivity contribution is -0.138. The van der Waals surface area contributed by atoms with Gasteiger partial charge in [-0.05, 0) is 23.8 Å². The Bertz CT molecular complexity index is 699. The van der Waals surface area contributed by atoms with Crippen LogP contribution in [0, 0.1) is 0 Å². The lowest BCUT2D eigenvalue weighted by atomic mass is 10.1. The highest BCUT2D eigenvalue weighted by atomic mass is 19.4. The van der Waals surface area contributed by atoms with Crippen molar-refractivity contribution in [2.45, 2.75) is 12.6 Å². The molecule has 0 aliphatic heterocycles. The highest BCUT2D eigenvalue weighted by Gasteiger charge is 2.30. The minimum Gasteiger partial charge on any atom is -0.493 e. The first-order valence-electron chi connectivity index (χ1n) is 6.39. The van der Waals surface area contributed by atoms with Crippen LogP contribution in [0.3, 0.4) is 0 Å². The van der Waals surface area contributed by atoms with Crippen LogP contribution in [0.1, 0.15) is 11.1 Å².